The average Bonchev–Trinajstić information content (AvgIpc) is 2.19. The normalized spacial score (nSPS) is 27.1. The fourth-order valence-electron chi connectivity index (χ4n) is 1.58. The molecular weight excluding hydrogens is 178 g/mol. The molecule has 1 aromatic heterocycles. The summed E-state index contributed by atoms with van der Waals surface area (Å²) in [4.78, 5) is 15.6. The van der Waals surface area contributed by atoms with Gasteiger partial charge in [-0.25, -0.2) is 0 Å². The number of hydrogen-bond donors (Lipinski definition) is 2. The topological polar surface area (TPSA) is 54.0 Å². The Morgan fingerprint density at radius 2 is 2.43 bits per heavy atom. The van der Waals surface area contributed by atoms with Crippen LogP contribution in [0.1, 0.15) is 18.5 Å². The first-order chi connectivity index (χ1) is 6.77. The lowest BCUT2D eigenvalue weighted by molar-refractivity contribution is -0.125. The maximum Gasteiger partial charge on any atom is 0.242 e. The van der Waals surface area contributed by atoms with Crippen LogP contribution in [-0.4, -0.2) is 23.5 Å². The van der Waals surface area contributed by atoms with Crippen molar-refractivity contribution < 1.29 is 4.79 Å². The van der Waals surface area contributed by atoms with Crippen LogP contribution in [0.15, 0.2) is 24.5 Å². The van der Waals surface area contributed by atoms with Crippen molar-refractivity contribution in [2.75, 3.05) is 6.54 Å². The van der Waals surface area contributed by atoms with E-state index in [1.165, 1.54) is 0 Å². The van der Waals surface area contributed by atoms with Gasteiger partial charge >= 0.3 is 0 Å². The van der Waals surface area contributed by atoms with Gasteiger partial charge in [-0.05, 0) is 18.6 Å². The molecule has 1 aliphatic rings. The Morgan fingerprint density at radius 3 is 3.07 bits per heavy atom. The molecule has 0 unspecified atom stereocenters. The number of nitrogens with zero attached hydrogens (tertiary/aromatic N) is 1. The number of nitrogens with one attached hydrogen (secondary N) is 2. The number of piperazine rings is 1. The smallest absolute Gasteiger partial charge is 0.242 e. The van der Waals surface area contributed by atoms with E-state index in [9.17, 15) is 4.79 Å². The number of aromatic nitrogens is 1. The van der Waals surface area contributed by atoms with Crippen molar-refractivity contribution in [3.05, 3.63) is 30.1 Å². The fraction of sp³-hybridized carbons (Fsp3) is 0.400. The molecule has 2 rings (SSSR count). The van der Waals surface area contributed by atoms with Gasteiger partial charge in [0, 0.05) is 25.0 Å². The minimum Gasteiger partial charge on any atom is -0.351 e. The molecule has 0 bridgehead atoms. The molecule has 4 heteroatoms. The highest BCUT2D eigenvalue weighted by atomic mass is 16.2. The third-order valence-electron chi connectivity index (χ3n) is 2.30. The molecule has 4 nitrogen and oxygen atoms in total. The molecule has 74 valence electrons. The Hall–Kier alpha value is -1.42. The second kappa shape index (κ2) is 3.75. The zero-order chi connectivity index (χ0) is 9.97. The lowest BCUT2D eigenvalue weighted by Crippen LogP contribution is -2.52. The molecule has 14 heavy (non-hydrogen) atoms. The molecule has 1 saturated heterocycles. The second-order valence-corrected chi connectivity index (χ2v) is 3.54. The molecule has 2 atom stereocenters. The van der Waals surface area contributed by atoms with E-state index >= 15 is 0 Å². The second-order valence-electron chi connectivity index (χ2n) is 3.54. The zero-order valence-electron chi connectivity index (χ0n) is 8.03. The maximum atomic E-state index is 11.6. The van der Waals surface area contributed by atoms with Gasteiger partial charge in [-0.2, -0.15) is 0 Å². The van der Waals surface area contributed by atoms with Crippen LogP contribution in [-0.2, 0) is 4.79 Å². The van der Waals surface area contributed by atoms with Crippen LogP contribution in [0.4, 0.5) is 0 Å². The number of carbonyl (C=O) groups is 1. The van der Waals surface area contributed by atoms with Gasteiger partial charge < -0.3 is 10.6 Å². The van der Waals surface area contributed by atoms with Crippen LogP contribution in [0.25, 0.3) is 0 Å². The molecule has 0 aromatic carbocycles. The summed E-state index contributed by atoms with van der Waals surface area (Å²) in [6, 6.07) is 3.69. The van der Waals surface area contributed by atoms with Crippen LogP contribution < -0.4 is 10.6 Å². The number of rotatable bonds is 1. The summed E-state index contributed by atoms with van der Waals surface area (Å²) in [6.45, 7) is 2.77. The van der Waals surface area contributed by atoms with Gasteiger partial charge in [-0.1, -0.05) is 6.07 Å². The SMILES string of the molecule is C[C@@H]1CN[C@H](c2cccnc2)C(=O)N1. The minimum atomic E-state index is -0.250. The van der Waals surface area contributed by atoms with Gasteiger partial charge in [-0.3, -0.25) is 9.78 Å². The van der Waals surface area contributed by atoms with E-state index in [4.69, 9.17) is 0 Å². The fourth-order valence-corrected chi connectivity index (χ4v) is 1.58. The summed E-state index contributed by atoms with van der Waals surface area (Å²) < 4.78 is 0. The number of carbonyl (C=O) groups excluding carboxylic acids is 1. The first-order valence-electron chi connectivity index (χ1n) is 4.71. The van der Waals surface area contributed by atoms with Crippen LogP contribution in [0.2, 0.25) is 0 Å². The van der Waals surface area contributed by atoms with Crippen molar-refractivity contribution in [2.24, 2.45) is 0 Å². The van der Waals surface area contributed by atoms with Crippen molar-refractivity contribution in [3.8, 4) is 0 Å². The van der Waals surface area contributed by atoms with Crippen LogP contribution in [0, 0.1) is 0 Å². The molecule has 1 amide bonds. The number of pyridine rings is 1. The zero-order valence-corrected chi connectivity index (χ0v) is 8.03. The lowest BCUT2D eigenvalue weighted by atomic mass is 10.1. The quantitative estimate of drug-likeness (QED) is 0.668. The van der Waals surface area contributed by atoms with Crippen molar-refractivity contribution in [2.45, 2.75) is 19.0 Å². The summed E-state index contributed by atoms with van der Waals surface area (Å²) in [5.41, 5.74) is 0.914. The van der Waals surface area contributed by atoms with Gasteiger partial charge in [0.2, 0.25) is 5.91 Å². The van der Waals surface area contributed by atoms with Gasteiger partial charge in [0.15, 0.2) is 0 Å². The highest BCUT2D eigenvalue weighted by molar-refractivity contribution is 5.84. The van der Waals surface area contributed by atoms with Gasteiger partial charge in [0.05, 0.1) is 0 Å². The molecule has 1 fully saturated rings. The summed E-state index contributed by atoms with van der Waals surface area (Å²) >= 11 is 0. The Kier molecular flexibility index (Phi) is 2.45. The monoisotopic (exact) mass is 191 g/mol. The predicted octanol–water partition coefficient (Wildman–Crippen LogP) is 0.231. The molecule has 0 spiro atoms. The summed E-state index contributed by atoms with van der Waals surface area (Å²) in [6.07, 6.45) is 3.42. The summed E-state index contributed by atoms with van der Waals surface area (Å²) in [5, 5.41) is 6.08. The summed E-state index contributed by atoms with van der Waals surface area (Å²) in [7, 11) is 0. The van der Waals surface area contributed by atoms with E-state index in [0.717, 1.165) is 12.1 Å². The number of amides is 1. The third-order valence-corrected chi connectivity index (χ3v) is 2.30. The van der Waals surface area contributed by atoms with Crippen LogP contribution in [0.5, 0.6) is 0 Å². The Bertz CT molecular complexity index is 325. The highest BCUT2D eigenvalue weighted by Gasteiger charge is 2.26. The Morgan fingerprint density at radius 1 is 1.57 bits per heavy atom. The van der Waals surface area contributed by atoms with Crippen molar-refractivity contribution >= 4 is 5.91 Å². The summed E-state index contributed by atoms with van der Waals surface area (Å²) in [5.74, 6) is 0.0248. The highest BCUT2D eigenvalue weighted by Crippen LogP contribution is 2.13. The van der Waals surface area contributed by atoms with Crippen LogP contribution >= 0.6 is 0 Å². The first-order valence-corrected chi connectivity index (χ1v) is 4.71. The van der Waals surface area contributed by atoms with Crippen molar-refractivity contribution in [3.63, 3.8) is 0 Å². The van der Waals surface area contributed by atoms with E-state index in [1.54, 1.807) is 12.4 Å². The predicted molar refractivity (Wildman–Crippen MR) is 52.6 cm³/mol. The molecular formula is C10H13N3O. The van der Waals surface area contributed by atoms with E-state index in [0.29, 0.717) is 0 Å². The van der Waals surface area contributed by atoms with Gasteiger partial charge in [0.1, 0.15) is 6.04 Å². The van der Waals surface area contributed by atoms with Gasteiger partial charge in [-0.15, -0.1) is 0 Å². The molecule has 0 saturated carbocycles. The molecule has 0 radical (unpaired) electrons. The minimum absolute atomic E-state index is 0.0248. The average molecular weight is 191 g/mol. The molecule has 2 heterocycles. The van der Waals surface area contributed by atoms with E-state index in [-0.39, 0.29) is 18.0 Å². The van der Waals surface area contributed by atoms with E-state index < -0.39 is 0 Å². The third kappa shape index (κ3) is 1.75. The van der Waals surface area contributed by atoms with E-state index in [1.807, 2.05) is 19.1 Å². The van der Waals surface area contributed by atoms with E-state index in [2.05, 4.69) is 15.6 Å². The largest absolute Gasteiger partial charge is 0.351 e. The molecule has 1 aliphatic heterocycles. The Balaban J connectivity index is 2.16. The van der Waals surface area contributed by atoms with Crippen molar-refractivity contribution in [1.82, 2.24) is 15.6 Å². The lowest BCUT2D eigenvalue weighted by Gasteiger charge is -2.28. The molecule has 0 aliphatic carbocycles. The Labute approximate surface area is 82.7 Å². The first kappa shape index (κ1) is 9.15. The molecule has 1 aromatic rings. The van der Waals surface area contributed by atoms with Crippen LogP contribution in [0.3, 0.4) is 0 Å². The van der Waals surface area contributed by atoms with Crippen molar-refractivity contribution in [1.29, 1.82) is 0 Å². The maximum absolute atomic E-state index is 11.6. The number of hydrogen-bond acceptors (Lipinski definition) is 3. The van der Waals surface area contributed by atoms with Gasteiger partial charge in [0.25, 0.3) is 0 Å². The molecule has 2 N–H and O–H groups in total. The standard InChI is InChI=1S/C10H13N3O/c1-7-5-12-9(10(14)13-7)8-3-2-4-11-6-8/h2-4,6-7,9,12H,5H2,1H3,(H,13,14)/t7-,9-/m1/s1.